The van der Waals surface area contributed by atoms with E-state index in [1.807, 2.05) is 6.92 Å². The fourth-order valence-corrected chi connectivity index (χ4v) is 0.311. The molecule has 3 heteroatoms. The zero-order valence-electron chi connectivity index (χ0n) is 6.68. The van der Waals surface area contributed by atoms with Gasteiger partial charge in [0.05, 0.1) is 13.2 Å². The maximum absolute atomic E-state index is 8.17. The van der Waals surface area contributed by atoms with Gasteiger partial charge in [-0.1, -0.05) is 6.92 Å². The summed E-state index contributed by atoms with van der Waals surface area (Å²) in [6, 6.07) is 0. The first-order chi connectivity index (χ1) is 3.41. The van der Waals surface area contributed by atoms with Crippen molar-refractivity contribution in [2.75, 3.05) is 19.8 Å². The molecule has 0 saturated carbocycles. The van der Waals surface area contributed by atoms with Crippen molar-refractivity contribution in [1.82, 2.24) is 0 Å². The van der Waals surface area contributed by atoms with Crippen LogP contribution in [0.2, 0.25) is 0 Å². The third-order valence-corrected chi connectivity index (χ3v) is 0.584. The second-order valence-electron chi connectivity index (χ2n) is 1.34. The first kappa shape index (κ1) is 11.3. The molecule has 0 heterocycles. The number of ether oxygens (including phenoxy) is 1. The number of aliphatic hydroxyl groups excluding tert-OH is 1. The Bertz CT molecular complexity index is 34.1. The summed E-state index contributed by atoms with van der Waals surface area (Å²) in [6.45, 7) is 3.42. The van der Waals surface area contributed by atoms with Crippen LogP contribution in [0, 0.1) is 0 Å². The normalized spacial score (nSPS) is 8.25. The van der Waals surface area contributed by atoms with Crippen LogP contribution in [0.25, 0.3) is 0 Å². The summed E-state index contributed by atoms with van der Waals surface area (Å²) < 4.78 is 4.88. The maximum Gasteiger partial charge on any atom is 1.00 e. The first-order valence-corrected chi connectivity index (χ1v) is 2.60. The van der Waals surface area contributed by atoms with Gasteiger partial charge in [-0.3, -0.25) is 0 Å². The molecule has 0 aliphatic rings. The topological polar surface area (TPSA) is 29.5 Å². The molecule has 0 aromatic carbocycles. The molecule has 8 heavy (non-hydrogen) atoms. The zero-order valence-corrected chi connectivity index (χ0v) is 5.68. The Morgan fingerprint density at radius 1 is 1.50 bits per heavy atom. The molecule has 46 valence electrons. The summed E-state index contributed by atoms with van der Waals surface area (Å²) in [5.74, 6) is 0. The molecule has 0 aromatic heterocycles. The summed E-state index contributed by atoms with van der Waals surface area (Å²) in [5.41, 5.74) is 0. The van der Waals surface area contributed by atoms with E-state index in [-0.39, 0.29) is 26.9 Å². The minimum atomic E-state index is 0. The maximum atomic E-state index is 8.17. The second-order valence-corrected chi connectivity index (χ2v) is 1.34. The van der Waals surface area contributed by atoms with Gasteiger partial charge in [-0.05, 0) is 6.42 Å². The van der Waals surface area contributed by atoms with Crippen molar-refractivity contribution in [2.24, 2.45) is 0 Å². The average molecular weight is 112 g/mol. The summed E-state index contributed by atoms with van der Waals surface area (Å²) in [7, 11) is 0. The minimum absolute atomic E-state index is 0. The summed E-state index contributed by atoms with van der Waals surface area (Å²) in [6.07, 6.45) is 1.03. The van der Waals surface area contributed by atoms with Gasteiger partial charge >= 0.3 is 18.9 Å². The van der Waals surface area contributed by atoms with Crippen molar-refractivity contribution < 1.29 is 30.1 Å². The standard InChI is InChI=1S/C5H12O2.Li.H/c1-2-4-7-5-3-6;;/h6H,2-5H2,1H3;;/q;+1;-1. The van der Waals surface area contributed by atoms with E-state index in [4.69, 9.17) is 9.84 Å². The third kappa shape index (κ3) is 9.72. The molecule has 0 atom stereocenters. The quantitative estimate of drug-likeness (QED) is 0.322. The molecule has 2 nitrogen and oxygen atoms in total. The van der Waals surface area contributed by atoms with E-state index < -0.39 is 0 Å². The van der Waals surface area contributed by atoms with Crippen LogP contribution in [0.4, 0.5) is 0 Å². The summed E-state index contributed by atoms with van der Waals surface area (Å²) >= 11 is 0. The number of hydrogen-bond donors (Lipinski definition) is 1. The van der Waals surface area contributed by atoms with Crippen LogP contribution in [-0.2, 0) is 4.74 Å². The van der Waals surface area contributed by atoms with Gasteiger partial charge in [0.1, 0.15) is 0 Å². The Balaban J connectivity index is -0.000000180. The van der Waals surface area contributed by atoms with Gasteiger partial charge in [0, 0.05) is 6.61 Å². The molecule has 0 saturated heterocycles. The van der Waals surface area contributed by atoms with Crippen molar-refractivity contribution in [3.05, 3.63) is 0 Å². The molecule has 0 radical (unpaired) electrons. The molecule has 0 aliphatic heterocycles. The fraction of sp³-hybridized carbons (Fsp3) is 1.00. The largest absolute Gasteiger partial charge is 1.00 e. The Morgan fingerprint density at radius 2 is 2.12 bits per heavy atom. The van der Waals surface area contributed by atoms with Crippen LogP contribution in [-0.4, -0.2) is 24.9 Å². The van der Waals surface area contributed by atoms with Gasteiger partial charge in [-0.25, -0.2) is 0 Å². The van der Waals surface area contributed by atoms with E-state index in [0.29, 0.717) is 6.61 Å². The number of rotatable bonds is 4. The predicted molar refractivity (Wildman–Crippen MR) is 29.3 cm³/mol. The predicted octanol–water partition coefficient (Wildman–Crippen LogP) is -2.48. The van der Waals surface area contributed by atoms with Crippen LogP contribution >= 0.6 is 0 Å². The first-order valence-electron chi connectivity index (χ1n) is 2.60. The van der Waals surface area contributed by atoms with Crippen molar-refractivity contribution in [3.63, 3.8) is 0 Å². The van der Waals surface area contributed by atoms with E-state index in [9.17, 15) is 0 Å². The Hall–Kier alpha value is 0.517. The Morgan fingerprint density at radius 3 is 2.50 bits per heavy atom. The number of aliphatic hydroxyl groups is 1. The van der Waals surface area contributed by atoms with Gasteiger partial charge in [-0.15, -0.1) is 0 Å². The molecule has 0 unspecified atom stereocenters. The van der Waals surface area contributed by atoms with Crippen LogP contribution < -0.4 is 18.9 Å². The van der Waals surface area contributed by atoms with Gasteiger partial charge in [-0.2, -0.15) is 0 Å². The van der Waals surface area contributed by atoms with E-state index >= 15 is 0 Å². The van der Waals surface area contributed by atoms with Crippen molar-refractivity contribution in [1.29, 1.82) is 0 Å². The van der Waals surface area contributed by atoms with Gasteiger partial charge in [0.25, 0.3) is 0 Å². The third-order valence-electron chi connectivity index (χ3n) is 0.584. The molecule has 0 aromatic rings. The fourth-order valence-electron chi connectivity index (χ4n) is 0.311. The Kier molecular flexibility index (Phi) is 14.9. The van der Waals surface area contributed by atoms with Crippen molar-refractivity contribution in [3.8, 4) is 0 Å². The van der Waals surface area contributed by atoms with Crippen molar-refractivity contribution in [2.45, 2.75) is 13.3 Å². The Labute approximate surface area is 63.9 Å². The average Bonchev–Trinajstić information content (AvgIpc) is 1.69. The number of hydrogen-bond acceptors (Lipinski definition) is 2. The van der Waals surface area contributed by atoms with Crippen molar-refractivity contribution >= 4 is 0 Å². The van der Waals surface area contributed by atoms with Gasteiger partial charge in [0.15, 0.2) is 0 Å². The molecular weight excluding hydrogens is 99.0 g/mol. The van der Waals surface area contributed by atoms with Gasteiger partial charge < -0.3 is 11.3 Å². The van der Waals surface area contributed by atoms with Crippen LogP contribution in [0.3, 0.4) is 0 Å². The molecule has 1 N–H and O–H groups in total. The molecule has 0 aliphatic carbocycles. The second kappa shape index (κ2) is 10.5. The van der Waals surface area contributed by atoms with Gasteiger partial charge in [0.2, 0.25) is 0 Å². The molecule has 0 fully saturated rings. The SMILES string of the molecule is CCCOCCO.[H-].[Li+]. The van der Waals surface area contributed by atoms with E-state index in [1.165, 1.54) is 0 Å². The molecule has 0 rings (SSSR count). The van der Waals surface area contributed by atoms with Crippen LogP contribution in [0.15, 0.2) is 0 Å². The molecule has 0 bridgehead atoms. The zero-order chi connectivity index (χ0) is 5.54. The summed E-state index contributed by atoms with van der Waals surface area (Å²) in [5, 5.41) is 8.17. The smallest absolute Gasteiger partial charge is 1.00 e. The van der Waals surface area contributed by atoms with Crippen LogP contribution in [0.1, 0.15) is 14.8 Å². The van der Waals surface area contributed by atoms with E-state index in [0.717, 1.165) is 13.0 Å². The van der Waals surface area contributed by atoms with Crippen LogP contribution in [0.5, 0.6) is 0 Å². The molecule has 0 spiro atoms. The molecular formula is C5H13LiO2. The summed E-state index contributed by atoms with van der Waals surface area (Å²) in [4.78, 5) is 0. The van der Waals surface area contributed by atoms with E-state index in [2.05, 4.69) is 0 Å². The monoisotopic (exact) mass is 112 g/mol. The van der Waals surface area contributed by atoms with E-state index in [1.54, 1.807) is 0 Å². The molecule has 0 amide bonds. The minimum Gasteiger partial charge on any atom is -1.00 e.